The van der Waals surface area contributed by atoms with E-state index in [1.807, 2.05) is 24.3 Å². The number of imidazole rings is 1. The van der Waals surface area contributed by atoms with E-state index in [2.05, 4.69) is 28.2 Å². The summed E-state index contributed by atoms with van der Waals surface area (Å²) in [6.45, 7) is 3.16. The Balaban J connectivity index is 1.67. The first kappa shape index (κ1) is 20.6. The first-order valence-corrected chi connectivity index (χ1v) is 11.2. The van der Waals surface area contributed by atoms with Crippen molar-refractivity contribution in [2.75, 3.05) is 5.75 Å². The van der Waals surface area contributed by atoms with Crippen molar-refractivity contribution in [3.63, 3.8) is 0 Å². The lowest BCUT2D eigenvalue weighted by molar-refractivity contribution is -0.137. The molecule has 0 saturated carbocycles. The fourth-order valence-corrected chi connectivity index (χ4v) is 7.14. The van der Waals surface area contributed by atoms with Crippen molar-refractivity contribution >= 4 is 23.5 Å². The second-order valence-corrected chi connectivity index (χ2v) is 10.4. The van der Waals surface area contributed by atoms with Crippen LogP contribution < -0.4 is 0 Å². The minimum absolute atomic E-state index is 0.117. The van der Waals surface area contributed by atoms with Gasteiger partial charge in [0.2, 0.25) is 0 Å². The van der Waals surface area contributed by atoms with E-state index in [0.29, 0.717) is 5.25 Å². The standard InChI is InChI=1S/C20H25F3N2S2/c1-2-18-8-14-26-19(27-18,10-12-25-13-11-24-15-25)9-7-16-3-5-17(6-4-16)20(21,22)23/h3-6,11,13,15,18H,2,7-10,12,14H2,1H3. The minimum atomic E-state index is -4.27. The summed E-state index contributed by atoms with van der Waals surface area (Å²) >= 11 is 4.10. The number of nitrogens with zero attached hydrogens (tertiary/aromatic N) is 2. The molecule has 7 heteroatoms. The molecule has 1 aromatic carbocycles. The molecule has 1 aliphatic heterocycles. The maximum Gasteiger partial charge on any atom is 0.416 e. The summed E-state index contributed by atoms with van der Waals surface area (Å²) in [5, 5.41) is 0.668. The van der Waals surface area contributed by atoms with Crippen molar-refractivity contribution in [2.24, 2.45) is 0 Å². The van der Waals surface area contributed by atoms with Gasteiger partial charge in [-0.3, -0.25) is 0 Å². The summed E-state index contributed by atoms with van der Waals surface area (Å²) in [4.78, 5) is 4.12. The summed E-state index contributed by atoms with van der Waals surface area (Å²) in [5.41, 5.74) is 0.401. The van der Waals surface area contributed by atoms with E-state index in [1.165, 1.54) is 25.0 Å². The summed E-state index contributed by atoms with van der Waals surface area (Å²) in [6.07, 6.45) is 6.57. The van der Waals surface area contributed by atoms with E-state index in [-0.39, 0.29) is 4.08 Å². The Morgan fingerprint density at radius 3 is 2.63 bits per heavy atom. The van der Waals surface area contributed by atoms with E-state index in [4.69, 9.17) is 0 Å². The zero-order valence-corrected chi connectivity index (χ0v) is 17.0. The Labute approximate surface area is 167 Å². The number of alkyl halides is 3. The van der Waals surface area contributed by atoms with Crippen LogP contribution >= 0.6 is 23.5 Å². The molecule has 0 aliphatic carbocycles. The van der Waals surface area contributed by atoms with Gasteiger partial charge in [0.05, 0.1) is 16.0 Å². The van der Waals surface area contributed by atoms with Crippen LogP contribution in [-0.2, 0) is 19.1 Å². The van der Waals surface area contributed by atoms with Crippen molar-refractivity contribution in [1.82, 2.24) is 9.55 Å². The van der Waals surface area contributed by atoms with Crippen LogP contribution in [0.1, 0.15) is 43.7 Å². The molecular weight excluding hydrogens is 389 g/mol. The molecular formula is C20H25F3N2S2. The average molecular weight is 415 g/mol. The molecule has 0 spiro atoms. The highest BCUT2D eigenvalue weighted by Gasteiger charge is 2.37. The Hall–Kier alpha value is -1.08. The summed E-state index contributed by atoms with van der Waals surface area (Å²) in [5.74, 6) is 1.16. The second-order valence-electron chi connectivity index (χ2n) is 6.94. The number of aromatic nitrogens is 2. The van der Waals surface area contributed by atoms with Gasteiger partial charge >= 0.3 is 6.18 Å². The van der Waals surface area contributed by atoms with Crippen LogP contribution in [0, 0.1) is 0 Å². The smallest absolute Gasteiger partial charge is 0.337 e. The van der Waals surface area contributed by atoms with Gasteiger partial charge in [-0.05, 0) is 55.6 Å². The molecule has 148 valence electrons. The van der Waals surface area contributed by atoms with Gasteiger partial charge in [0.15, 0.2) is 0 Å². The number of halogens is 3. The highest BCUT2D eigenvalue weighted by molar-refractivity contribution is 8.19. The van der Waals surface area contributed by atoms with E-state index >= 15 is 0 Å². The van der Waals surface area contributed by atoms with Crippen molar-refractivity contribution in [2.45, 2.75) is 61.1 Å². The zero-order valence-electron chi connectivity index (χ0n) is 15.4. The predicted octanol–water partition coefficient (Wildman–Crippen LogP) is 6.27. The molecule has 2 unspecified atom stereocenters. The minimum Gasteiger partial charge on any atom is -0.337 e. The molecule has 3 rings (SSSR count). The summed E-state index contributed by atoms with van der Waals surface area (Å²) in [7, 11) is 0. The molecule has 1 saturated heterocycles. The molecule has 1 aliphatic rings. The zero-order chi connectivity index (χ0) is 19.3. The molecule has 0 radical (unpaired) electrons. The number of benzene rings is 1. The molecule has 2 atom stereocenters. The Morgan fingerprint density at radius 2 is 2.00 bits per heavy atom. The molecule has 0 amide bonds. The van der Waals surface area contributed by atoms with E-state index in [1.54, 1.807) is 18.3 Å². The Bertz CT molecular complexity index is 701. The molecule has 2 heterocycles. The molecule has 2 aromatic rings. The molecule has 2 nitrogen and oxygen atoms in total. The maximum absolute atomic E-state index is 12.8. The molecule has 0 bridgehead atoms. The Kier molecular flexibility index (Phi) is 6.84. The van der Waals surface area contributed by atoms with Gasteiger partial charge in [-0.1, -0.05) is 19.1 Å². The third kappa shape index (κ3) is 5.70. The average Bonchev–Trinajstić information content (AvgIpc) is 3.18. The van der Waals surface area contributed by atoms with Crippen LogP contribution in [0.5, 0.6) is 0 Å². The van der Waals surface area contributed by atoms with Gasteiger partial charge < -0.3 is 4.57 Å². The fourth-order valence-electron chi connectivity index (χ4n) is 3.36. The SMILES string of the molecule is CCC1CCSC(CCc2ccc(C(F)(F)F)cc2)(CCn2ccnc2)S1. The van der Waals surface area contributed by atoms with E-state index in [9.17, 15) is 13.2 Å². The molecule has 1 fully saturated rings. The summed E-state index contributed by atoms with van der Waals surface area (Å²) in [6, 6.07) is 5.65. The second kappa shape index (κ2) is 8.95. The number of aryl methyl sites for hydroxylation is 2. The quantitative estimate of drug-likeness (QED) is 0.532. The number of rotatable bonds is 7. The van der Waals surface area contributed by atoms with Crippen molar-refractivity contribution in [3.8, 4) is 0 Å². The van der Waals surface area contributed by atoms with Crippen LogP contribution in [-0.4, -0.2) is 24.6 Å². The highest BCUT2D eigenvalue weighted by atomic mass is 32.2. The maximum atomic E-state index is 12.8. The summed E-state index contributed by atoms with van der Waals surface area (Å²) < 4.78 is 40.5. The number of thioether (sulfide) groups is 2. The van der Waals surface area contributed by atoms with Crippen molar-refractivity contribution in [1.29, 1.82) is 0 Å². The molecule has 1 aromatic heterocycles. The van der Waals surface area contributed by atoms with Crippen molar-refractivity contribution < 1.29 is 13.2 Å². The fraction of sp³-hybridized carbons (Fsp3) is 0.550. The Morgan fingerprint density at radius 1 is 1.22 bits per heavy atom. The highest BCUT2D eigenvalue weighted by Crippen LogP contribution is 2.51. The lowest BCUT2D eigenvalue weighted by Crippen LogP contribution is -2.31. The normalized spacial score (nSPS) is 23.5. The third-order valence-corrected chi connectivity index (χ3v) is 8.78. The van der Waals surface area contributed by atoms with Crippen LogP contribution in [0.25, 0.3) is 0 Å². The van der Waals surface area contributed by atoms with Gasteiger partial charge in [0, 0.05) is 24.2 Å². The van der Waals surface area contributed by atoms with Crippen LogP contribution in [0.2, 0.25) is 0 Å². The van der Waals surface area contributed by atoms with E-state index in [0.717, 1.165) is 37.1 Å². The molecule has 27 heavy (non-hydrogen) atoms. The monoisotopic (exact) mass is 414 g/mol. The largest absolute Gasteiger partial charge is 0.416 e. The van der Waals surface area contributed by atoms with Gasteiger partial charge in [-0.2, -0.15) is 13.2 Å². The van der Waals surface area contributed by atoms with Gasteiger partial charge in [-0.15, -0.1) is 23.5 Å². The van der Waals surface area contributed by atoms with Crippen LogP contribution in [0.4, 0.5) is 13.2 Å². The number of hydrogen-bond acceptors (Lipinski definition) is 3. The van der Waals surface area contributed by atoms with E-state index < -0.39 is 11.7 Å². The number of hydrogen-bond donors (Lipinski definition) is 0. The first-order valence-electron chi connectivity index (χ1n) is 9.34. The van der Waals surface area contributed by atoms with Crippen LogP contribution in [0.3, 0.4) is 0 Å². The van der Waals surface area contributed by atoms with Gasteiger partial charge in [0.25, 0.3) is 0 Å². The van der Waals surface area contributed by atoms with Crippen LogP contribution in [0.15, 0.2) is 43.0 Å². The first-order chi connectivity index (χ1) is 12.9. The van der Waals surface area contributed by atoms with Gasteiger partial charge in [-0.25, -0.2) is 4.98 Å². The lowest BCUT2D eigenvalue weighted by atomic mass is 10.0. The van der Waals surface area contributed by atoms with Gasteiger partial charge in [0.1, 0.15) is 0 Å². The molecule has 0 N–H and O–H groups in total. The third-order valence-electron chi connectivity index (χ3n) is 5.03. The lowest BCUT2D eigenvalue weighted by Gasteiger charge is -2.40. The topological polar surface area (TPSA) is 17.8 Å². The van der Waals surface area contributed by atoms with Crippen molar-refractivity contribution in [3.05, 3.63) is 54.1 Å². The predicted molar refractivity (Wildman–Crippen MR) is 108 cm³/mol.